The van der Waals surface area contributed by atoms with Gasteiger partial charge in [-0.05, 0) is 44.2 Å². The lowest BCUT2D eigenvalue weighted by atomic mass is 10.1. The van der Waals surface area contributed by atoms with Gasteiger partial charge in [-0.1, -0.05) is 35.5 Å². The van der Waals surface area contributed by atoms with Gasteiger partial charge >= 0.3 is 0 Å². The predicted molar refractivity (Wildman–Crippen MR) is 126 cm³/mol. The Morgan fingerprint density at radius 1 is 1.22 bits per heavy atom. The molecule has 1 aromatic heterocycles. The summed E-state index contributed by atoms with van der Waals surface area (Å²) in [5.41, 5.74) is 1.97. The summed E-state index contributed by atoms with van der Waals surface area (Å²) in [5, 5.41) is 0.807. The molecule has 0 bridgehead atoms. The molecule has 0 aliphatic carbocycles. The van der Waals surface area contributed by atoms with Gasteiger partial charge in [0.25, 0.3) is 0 Å². The minimum absolute atomic E-state index is 0.0391. The second-order valence-corrected chi connectivity index (χ2v) is 11.1. The summed E-state index contributed by atoms with van der Waals surface area (Å²) in [5.74, 6) is -0.0391. The average molecular weight is 494 g/mol. The molecule has 2 heterocycles. The van der Waals surface area contributed by atoms with Crippen LogP contribution in [-0.4, -0.2) is 59.6 Å². The van der Waals surface area contributed by atoms with Crippen LogP contribution in [0.1, 0.15) is 24.2 Å². The highest BCUT2D eigenvalue weighted by atomic mass is 35.5. The summed E-state index contributed by atoms with van der Waals surface area (Å²) in [4.78, 5) is 17.8. The Morgan fingerprint density at radius 2 is 1.97 bits per heavy atom. The van der Waals surface area contributed by atoms with Crippen LogP contribution in [0, 0.1) is 0 Å². The molecule has 32 heavy (non-hydrogen) atoms. The number of thioether (sulfide) groups is 1. The minimum atomic E-state index is -3.61. The number of ether oxygens (including phenoxy) is 1. The first kappa shape index (κ1) is 23.3. The number of imidazole rings is 1. The normalized spacial score (nSPS) is 16.3. The molecule has 1 aliphatic rings. The highest BCUT2D eigenvalue weighted by Gasteiger charge is 2.27. The molecule has 1 saturated heterocycles. The molecule has 2 aromatic carbocycles. The summed E-state index contributed by atoms with van der Waals surface area (Å²) < 4.78 is 34.7. The van der Waals surface area contributed by atoms with Crippen molar-refractivity contribution in [3.05, 3.63) is 53.1 Å². The fraction of sp³-hybridized carbons (Fsp3) is 0.364. The summed E-state index contributed by atoms with van der Waals surface area (Å²) in [7, 11) is -3.61. The van der Waals surface area contributed by atoms with E-state index < -0.39 is 10.0 Å². The Kier molecular flexibility index (Phi) is 6.92. The lowest BCUT2D eigenvalue weighted by molar-refractivity contribution is 0.0730. The molecule has 3 aromatic rings. The number of carbonyl (C=O) groups is 1. The molecule has 1 unspecified atom stereocenters. The number of aryl methyl sites for hydroxylation is 1. The van der Waals surface area contributed by atoms with E-state index in [-0.39, 0.29) is 15.9 Å². The monoisotopic (exact) mass is 493 g/mol. The van der Waals surface area contributed by atoms with Crippen molar-refractivity contribution in [2.45, 2.75) is 35.7 Å². The molecule has 0 N–H and O–H groups in total. The maximum atomic E-state index is 13.0. The van der Waals surface area contributed by atoms with Crippen LogP contribution < -0.4 is 0 Å². The molecular formula is C22H24ClN3O4S2. The van der Waals surface area contributed by atoms with E-state index >= 15 is 0 Å². The fourth-order valence-electron chi connectivity index (χ4n) is 3.67. The van der Waals surface area contributed by atoms with Gasteiger partial charge in [-0.3, -0.25) is 4.79 Å². The lowest BCUT2D eigenvalue weighted by Crippen LogP contribution is -2.40. The number of aromatic nitrogens is 2. The number of sulfonamides is 1. The smallest absolute Gasteiger partial charge is 0.243 e. The van der Waals surface area contributed by atoms with Crippen molar-refractivity contribution in [1.82, 2.24) is 13.9 Å². The molecule has 4 rings (SSSR count). The maximum Gasteiger partial charge on any atom is 0.243 e. The number of hydrogen-bond acceptors (Lipinski definition) is 6. The van der Waals surface area contributed by atoms with E-state index in [1.165, 1.54) is 16.1 Å². The highest BCUT2D eigenvalue weighted by molar-refractivity contribution is 8.00. The van der Waals surface area contributed by atoms with Gasteiger partial charge < -0.3 is 9.30 Å². The third-order valence-electron chi connectivity index (χ3n) is 5.37. The molecule has 0 saturated carbocycles. The molecule has 0 radical (unpaired) electrons. The number of rotatable bonds is 7. The standard InChI is InChI=1S/C22H24ClN3O4S2/c1-3-26-20-8-7-18(32(28,29)25-9-11-30-12-10-25)14-19(20)24-22(26)31-15(2)21(27)16-5-4-6-17(23)13-16/h4-8,13-15H,3,9-12H2,1-2H3. The SMILES string of the molecule is CCn1c(SC(C)C(=O)c2cccc(Cl)c2)nc2cc(S(=O)(=O)N3CCOCC3)ccc21. The van der Waals surface area contributed by atoms with Crippen molar-refractivity contribution in [2.24, 2.45) is 0 Å². The number of Topliss-reactive ketones (excluding diaryl/α,β-unsaturated/α-hetero) is 1. The van der Waals surface area contributed by atoms with Crippen molar-refractivity contribution < 1.29 is 17.9 Å². The van der Waals surface area contributed by atoms with Gasteiger partial charge in [0.2, 0.25) is 10.0 Å². The number of morpholine rings is 1. The largest absolute Gasteiger partial charge is 0.379 e. The number of halogens is 1. The molecular weight excluding hydrogens is 470 g/mol. The topological polar surface area (TPSA) is 81.5 Å². The first-order valence-electron chi connectivity index (χ1n) is 10.4. The molecule has 10 heteroatoms. The zero-order chi connectivity index (χ0) is 22.9. The minimum Gasteiger partial charge on any atom is -0.379 e. The molecule has 7 nitrogen and oxygen atoms in total. The number of carbonyl (C=O) groups excluding carboxylic acids is 1. The Hall–Kier alpha value is -1.91. The van der Waals surface area contributed by atoms with Crippen molar-refractivity contribution in [3.63, 3.8) is 0 Å². The molecule has 1 fully saturated rings. The summed E-state index contributed by atoms with van der Waals surface area (Å²) >= 11 is 7.38. The van der Waals surface area contributed by atoms with E-state index in [1.807, 2.05) is 18.4 Å². The Morgan fingerprint density at radius 3 is 2.66 bits per heavy atom. The molecule has 0 amide bonds. The second kappa shape index (κ2) is 9.52. The maximum absolute atomic E-state index is 13.0. The first-order valence-corrected chi connectivity index (χ1v) is 13.1. The van der Waals surface area contributed by atoms with E-state index in [1.54, 1.807) is 42.5 Å². The van der Waals surface area contributed by atoms with E-state index in [9.17, 15) is 13.2 Å². The quantitative estimate of drug-likeness (QED) is 0.364. The number of benzene rings is 2. The van der Waals surface area contributed by atoms with Gasteiger partial charge in [-0.2, -0.15) is 4.31 Å². The van der Waals surface area contributed by atoms with Gasteiger partial charge in [-0.15, -0.1) is 0 Å². The Balaban J connectivity index is 1.63. The van der Waals surface area contributed by atoms with Crippen LogP contribution in [0.3, 0.4) is 0 Å². The number of nitrogens with zero attached hydrogens (tertiary/aromatic N) is 3. The molecule has 0 spiro atoms. The highest BCUT2D eigenvalue weighted by Crippen LogP contribution is 2.31. The van der Waals surface area contributed by atoms with Crippen LogP contribution >= 0.6 is 23.4 Å². The van der Waals surface area contributed by atoms with Crippen LogP contribution in [0.15, 0.2) is 52.5 Å². The number of hydrogen-bond donors (Lipinski definition) is 0. The summed E-state index contributed by atoms with van der Waals surface area (Å²) in [6.45, 7) is 5.94. The van der Waals surface area contributed by atoms with Crippen molar-refractivity contribution in [2.75, 3.05) is 26.3 Å². The molecule has 1 aliphatic heterocycles. The molecule has 170 valence electrons. The van der Waals surface area contributed by atoms with Crippen molar-refractivity contribution in [1.29, 1.82) is 0 Å². The third-order valence-corrected chi connectivity index (χ3v) is 8.59. The van der Waals surface area contributed by atoms with E-state index in [0.717, 1.165) is 5.52 Å². The van der Waals surface area contributed by atoms with E-state index in [2.05, 4.69) is 4.98 Å². The van der Waals surface area contributed by atoms with E-state index in [4.69, 9.17) is 16.3 Å². The van der Waals surface area contributed by atoms with Gasteiger partial charge in [0, 0.05) is 30.2 Å². The van der Waals surface area contributed by atoms with Gasteiger partial charge in [0.05, 0.1) is 34.4 Å². The van der Waals surface area contributed by atoms with Gasteiger partial charge in [0.15, 0.2) is 10.9 Å². The van der Waals surface area contributed by atoms with Crippen LogP contribution in [0.2, 0.25) is 5.02 Å². The third kappa shape index (κ3) is 4.58. The number of fused-ring (bicyclic) bond motifs is 1. The summed E-state index contributed by atoms with van der Waals surface area (Å²) in [6.07, 6.45) is 0. The second-order valence-electron chi connectivity index (χ2n) is 7.44. The van der Waals surface area contributed by atoms with Gasteiger partial charge in [-0.25, -0.2) is 13.4 Å². The van der Waals surface area contributed by atoms with E-state index in [0.29, 0.717) is 54.1 Å². The van der Waals surface area contributed by atoms with Crippen molar-refractivity contribution >= 4 is 50.2 Å². The summed E-state index contributed by atoms with van der Waals surface area (Å²) in [6, 6.07) is 11.9. The lowest BCUT2D eigenvalue weighted by Gasteiger charge is -2.26. The zero-order valence-electron chi connectivity index (χ0n) is 17.8. The Labute approximate surface area is 196 Å². The van der Waals surface area contributed by atoms with Gasteiger partial charge in [0.1, 0.15) is 0 Å². The van der Waals surface area contributed by atoms with Crippen molar-refractivity contribution in [3.8, 4) is 0 Å². The van der Waals surface area contributed by atoms with Crippen LogP contribution in [0.5, 0.6) is 0 Å². The van der Waals surface area contributed by atoms with Crippen LogP contribution in [0.25, 0.3) is 11.0 Å². The molecule has 1 atom stereocenters. The predicted octanol–water partition coefficient (Wildman–Crippen LogP) is 4.09. The zero-order valence-corrected chi connectivity index (χ0v) is 20.2. The fourth-order valence-corrected chi connectivity index (χ4v) is 6.35. The van der Waals surface area contributed by atoms with Crippen LogP contribution in [-0.2, 0) is 21.3 Å². The Bertz CT molecular complexity index is 1250. The van der Waals surface area contributed by atoms with Crippen LogP contribution in [0.4, 0.5) is 0 Å². The average Bonchev–Trinajstić information content (AvgIpc) is 3.15. The first-order chi connectivity index (χ1) is 15.3. The number of ketones is 1.